The maximum absolute atomic E-state index is 10.2. The number of benzene rings is 1. The lowest BCUT2D eigenvalue weighted by atomic mass is 10.1. The summed E-state index contributed by atoms with van der Waals surface area (Å²) in [6, 6.07) is 5.45. The van der Waals surface area contributed by atoms with Crippen LogP contribution in [0.1, 0.15) is 17.4 Å². The number of aliphatic hydroxyl groups is 1. The average molecular weight is 238 g/mol. The Bertz CT molecular complexity index is 672. The maximum atomic E-state index is 10.2. The van der Waals surface area contributed by atoms with E-state index in [0.717, 1.165) is 16.6 Å². The molecule has 0 aliphatic heterocycles. The zero-order valence-electron chi connectivity index (χ0n) is 9.43. The van der Waals surface area contributed by atoms with Crippen LogP contribution in [0.2, 0.25) is 0 Å². The summed E-state index contributed by atoms with van der Waals surface area (Å²) in [6.45, 7) is 0. The van der Waals surface area contributed by atoms with Crippen LogP contribution >= 0.6 is 0 Å². The molecule has 0 amide bonds. The van der Waals surface area contributed by atoms with Gasteiger partial charge in [0.05, 0.1) is 22.9 Å². The van der Waals surface area contributed by atoms with Crippen molar-refractivity contribution >= 4 is 11.0 Å². The van der Waals surface area contributed by atoms with Gasteiger partial charge in [0, 0.05) is 24.8 Å². The Morgan fingerprint density at radius 1 is 0.889 bits per heavy atom. The molecule has 0 fully saturated rings. The number of nitrogens with zero attached hydrogens (tertiary/aromatic N) is 4. The molecule has 0 aliphatic carbocycles. The number of fused-ring (bicyclic) bond motifs is 1. The average Bonchev–Trinajstić information content (AvgIpc) is 2.47. The molecule has 0 aliphatic rings. The van der Waals surface area contributed by atoms with E-state index in [-0.39, 0.29) is 0 Å². The molecule has 0 saturated heterocycles. The summed E-state index contributed by atoms with van der Waals surface area (Å²) < 4.78 is 0. The summed E-state index contributed by atoms with van der Waals surface area (Å²) in [6.07, 6.45) is 7.14. The van der Waals surface area contributed by atoms with Crippen LogP contribution in [0.15, 0.2) is 49.2 Å². The van der Waals surface area contributed by atoms with Crippen molar-refractivity contribution < 1.29 is 5.11 Å². The predicted octanol–water partition coefficient (Wildman–Crippen LogP) is 1.50. The Labute approximate surface area is 103 Å². The van der Waals surface area contributed by atoms with Crippen molar-refractivity contribution in [3.05, 3.63) is 60.4 Å². The monoisotopic (exact) mass is 238 g/mol. The first-order chi connectivity index (χ1) is 8.84. The van der Waals surface area contributed by atoms with Crippen molar-refractivity contribution in [1.82, 2.24) is 19.9 Å². The topological polar surface area (TPSA) is 71.8 Å². The standard InChI is InChI=1S/C13H10N4O/c18-13(12-8-14-3-4-17-12)9-1-2-10-11(7-9)16-6-5-15-10/h1-8,13,18H. The van der Waals surface area contributed by atoms with E-state index >= 15 is 0 Å². The van der Waals surface area contributed by atoms with Gasteiger partial charge < -0.3 is 5.11 Å². The van der Waals surface area contributed by atoms with Gasteiger partial charge >= 0.3 is 0 Å². The Balaban J connectivity index is 2.04. The summed E-state index contributed by atoms with van der Waals surface area (Å²) >= 11 is 0. The van der Waals surface area contributed by atoms with Crippen molar-refractivity contribution in [2.24, 2.45) is 0 Å². The Kier molecular flexibility index (Phi) is 2.66. The molecule has 18 heavy (non-hydrogen) atoms. The van der Waals surface area contributed by atoms with Gasteiger partial charge in [-0.25, -0.2) is 0 Å². The second-order valence-electron chi connectivity index (χ2n) is 3.84. The number of hydrogen-bond acceptors (Lipinski definition) is 5. The van der Waals surface area contributed by atoms with Crippen LogP contribution in [-0.2, 0) is 0 Å². The molecule has 1 unspecified atom stereocenters. The van der Waals surface area contributed by atoms with Gasteiger partial charge in [-0.15, -0.1) is 0 Å². The summed E-state index contributed by atoms with van der Waals surface area (Å²) in [5.41, 5.74) is 2.79. The van der Waals surface area contributed by atoms with Gasteiger partial charge in [0.15, 0.2) is 0 Å². The molecule has 88 valence electrons. The third-order valence-corrected chi connectivity index (χ3v) is 2.67. The first-order valence-electron chi connectivity index (χ1n) is 5.49. The van der Waals surface area contributed by atoms with E-state index in [1.807, 2.05) is 18.2 Å². The fourth-order valence-electron chi connectivity index (χ4n) is 1.77. The molecule has 3 aromatic rings. The summed E-state index contributed by atoms with van der Waals surface area (Å²) in [7, 11) is 0. The molecule has 1 atom stereocenters. The third kappa shape index (κ3) is 1.91. The summed E-state index contributed by atoms with van der Waals surface area (Å²) in [5.74, 6) is 0. The van der Waals surface area contributed by atoms with Crippen LogP contribution in [0.3, 0.4) is 0 Å². The SMILES string of the molecule is OC(c1ccc2nccnc2c1)c1cnccn1. The Morgan fingerprint density at radius 2 is 1.67 bits per heavy atom. The Hall–Kier alpha value is -2.40. The number of hydrogen-bond donors (Lipinski definition) is 1. The summed E-state index contributed by atoms with van der Waals surface area (Å²) in [4.78, 5) is 16.4. The van der Waals surface area contributed by atoms with Crippen LogP contribution in [0.5, 0.6) is 0 Å². The highest BCUT2D eigenvalue weighted by Gasteiger charge is 2.12. The van der Waals surface area contributed by atoms with E-state index in [0.29, 0.717) is 5.69 Å². The van der Waals surface area contributed by atoms with Crippen LogP contribution in [0.25, 0.3) is 11.0 Å². The van der Waals surface area contributed by atoms with Crippen molar-refractivity contribution in [2.45, 2.75) is 6.10 Å². The van der Waals surface area contributed by atoms with Gasteiger partial charge in [-0.2, -0.15) is 0 Å². The van der Waals surface area contributed by atoms with Gasteiger partial charge in [-0.3, -0.25) is 19.9 Å². The van der Waals surface area contributed by atoms with E-state index in [4.69, 9.17) is 0 Å². The molecule has 2 aromatic heterocycles. The fraction of sp³-hybridized carbons (Fsp3) is 0.0769. The molecule has 0 saturated carbocycles. The summed E-state index contributed by atoms with van der Waals surface area (Å²) in [5, 5.41) is 10.2. The van der Waals surface area contributed by atoms with Crippen LogP contribution < -0.4 is 0 Å². The smallest absolute Gasteiger partial charge is 0.123 e. The van der Waals surface area contributed by atoms with E-state index in [2.05, 4.69) is 19.9 Å². The quantitative estimate of drug-likeness (QED) is 0.732. The van der Waals surface area contributed by atoms with Gasteiger partial charge in [0.25, 0.3) is 0 Å². The van der Waals surface area contributed by atoms with Crippen LogP contribution in [0, 0.1) is 0 Å². The zero-order chi connectivity index (χ0) is 12.4. The van der Waals surface area contributed by atoms with Gasteiger partial charge in [0.2, 0.25) is 0 Å². The van der Waals surface area contributed by atoms with Crippen LogP contribution in [0.4, 0.5) is 0 Å². The van der Waals surface area contributed by atoms with Crippen molar-refractivity contribution in [2.75, 3.05) is 0 Å². The number of aromatic nitrogens is 4. The molecule has 0 radical (unpaired) electrons. The van der Waals surface area contributed by atoms with E-state index in [1.165, 1.54) is 0 Å². The largest absolute Gasteiger partial charge is 0.382 e. The lowest BCUT2D eigenvalue weighted by molar-refractivity contribution is 0.215. The van der Waals surface area contributed by atoms with Gasteiger partial charge in [-0.05, 0) is 17.7 Å². The lowest BCUT2D eigenvalue weighted by Gasteiger charge is -2.10. The zero-order valence-corrected chi connectivity index (χ0v) is 9.43. The number of rotatable bonds is 2. The minimum absolute atomic E-state index is 0.515. The van der Waals surface area contributed by atoms with E-state index < -0.39 is 6.10 Å². The van der Waals surface area contributed by atoms with Crippen molar-refractivity contribution in [3.63, 3.8) is 0 Å². The van der Waals surface area contributed by atoms with Gasteiger partial charge in [-0.1, -0.05) is 6.07 Å². The highest BCUT2D eigenvalue weighted by molar-refractivity contribution is 5.74. The molecule has 2 heterocycles. The molecule has 3 rings (SSSR count). The lowest BCUT2D eigenvalue weighted by Crippen LogP contribution is -2.02. The minimum Gasteiger partial charge on any atom is -0.382 e. The predicted molar refractivity (Wildman–Crippen MR) is 65.6 cm³/mol. The molecule has 0 spiro atoms. The van der Waals surface area contributed by atoms with Crippen molar-refractivity contribution in [3.8, 4) is 0 Å². The normalized spacial score (nSPS) is 12.5. The number of aliphatic hydroxyl groups excluding tert-OH is 1. The molecular formula is C13H10N4O. The van der Waals surface area contributed by atoms with Crippen LogP contribution in [-0.4, -0.2) is 25.0 Å². The van der Waals surface area contributed by atoms with Gasteiger partial charge in [0.1, 0.15) is 6.10 Å². The molecule has 1 aromatic carbocycles. The Morgan fingerprint density at radius 3 is 2.44 bits per heavy atom. The molecule has 5 heteroatoms. The molecular weight excluding hydrogens is 228 g/mol. The first kappa shape index (κ1) is 10.7. The maximum Gasteiger partial charge on any atom is 0.123 e. The fourth-order valence-corrected chi connectivity index (χ4v) is 1.77. The van der Waals surface area contributed by atoms with Crippen molar-refractivity contribution in [1.29, 1.82) is 0 Å². The molecule has 1 N–H and O–H groups in total. The second-order valence-corrected chi connectivity index (χ2v) is 3.84. The highest BCUT2D eigenvalue weighted by atomic mass is 16.3. The molecule has 5 nitrogen and oxygen atoms in total. The first-order valence-corrected chi connectivity index (χ1v) is 5.49. The highest BCUT2D eigenvalue weighted by Crippen LogP contribution is 2.21. The van der Waals surface area contributed by atoms with E-state index in [1.54, 1.807) is 31.0 Å². The molecule has 0 bridgehead atoms. The van der Waals surface area contributed by atoms with E-state index in [9.17, 15) is 5.11 Å². The third-order valence-electron chi connectivity index (χ3n) is 2.67. The minimum atomic E-state index is -0.801. The second kappa shape index (κ2) is 4.46.